The minimum Gasteiger partial charge on any atom is -0.412 e. The van der Waals surface area contributed by atoms with Crippen LogP contribution in [0.2, 0.25) is 0 Å². The van der Waals surface area contributed by atoms with E-state index in [-0.39, 0.29) is 49.9 Å². The van der Waals surface area contributed by atoms with Crippen LogP contribution in [-0.2, 0) is 17.1 Å². The molecule has 0 bridgehead atoms. The van der Waals surface area contributed by atoms with Gasteiger partial charge in [-0.2, -0.15) is 0 Å². The van der Waals surface area contributed by atoms with Crippen molar-refractivity contribution in [3.63, 3.8) is 0 Å². The Balaban J connectivity index is -0.00000000468. The summed E-state index contributed by atoms with van der Waals surface area (Å²) in [5.41, 5.74) is 0. The van der Waals surface area contributed by atoms with E-state index in [9.17, 15) is 0 Å². The van der Waals surface area contributed by atoms with Crippen molar-refractivity contribution in [3.8, 4) is 0 Å². The van der Waals surface area contributed by atoms with Gasteiger partial charge in [0.05, 0.1) is 10.2 Å². The fourth-order valence-electron chi connectivity index (χ4n) is 0. The molecule has 0 aromatic rings. The molecule has 0 spiro atoms. The number of hydrogen-bond acceptors (Lipinski definition) is 6. The third kappa shape index (κ3) is 829. The minimum absolute atomic E-state index is 0. The van der Waals surface area contributed by atoms with Gasteiger partial charge in [0.25, 0.3) is 0 Å². The second-order valence-corrected chi connectivity index (χ2v) is 0.447. The molecule has 0 atom stereocenters. The molecular formula is H12MnN2O12-2. The van der Waals surface area contributed by atoms with Crippen molar-refractivity contribution in [2.24, 2.45) is 0 Å². The van der Waals surface area contributed by atoms with Crippen molar-refractivity contribution < 1.29 is 60.1 Å². The first-order valence-electron chi connectivity index (χ1n) is 1.10. The molecule has 0 saturated carbocycles. The Morgan fingerprint density at radius 1 is 0.533 bits per heavy atom. The van der Waals surface area contributed by atoms with Gasteiger partial charge in [-0.25, -0.2) is 0 Å². The van der Waals surface area contributed by atoms with Crippen molar-refractivity contribution in [2.75, 3.05) is 0 Å². The fourth-order valence-corrected chi connectivity index (χ4v) is 0. The smallest absolute Gasteiger partial charge is 0.0689 e. The zero-order valence-corrected chi connectivity index (χ0v) is 7.90. The molecule has 0 heterocycles. The summed E-state index contributed by atoms with van der Waals surface area (Å²) in [6.45, 7) is 0. The predicted molar refractivity (Wildman–Crippen MR) is 42.4 cm³/mol. The monoisotopic (exact) mass is 287 g/mol. The van der Waals surface area contributed by atoms with E-state index in [0.29, 0.717) is 0 Å². The molecule has 0 aromatic carbocycles. The van der Waals surface area contributed by atoms with Crippen molar-refractivity contribution >= 4 is 0 Å². The molecule has 0 aromatic heterocycles. The standard InChI is InChI=1S/Mn.2NO3.6H2O/c;2*2-1(3)4;;;;;;/h;;;6*1H2/q;2*-1;;;;;;. The Hall–Kier alpha value is -1.32. The van der Waals surface area contributed by atoms with Crippen LogP contribution in [-0.4, -0.2) is 43.0 Å². The van der Waals surface area contributed by atoms with Gasteiger partial charge in [-0.3, -0.25) is 0 Å². The van der Waals surface area contributed by atoms with Crippen LogP contribution < -0.4 is 0 Å². The third-order valence-electron chi connectivity index (χ3n) is 0. The number of rotatable bonds is 0. The molecule has 0 aliphatic carbocycles. The molecule has 103 valence electrons. The van der Waals surface area contributed by atoms with Crippen LogP contribution in [0.15, 0.2) is 0 Å². The molecule has 12 N–H and O–H groups in total. The SMILES string of the molecule is O.O.O.O.O.O.O=[N+]([O-])[O-].O=[N+]([O-])[O-].[Mn]. The Labute approximate surface area is 91.7 Å². The molecule has 0 saturated heterocycles. The van der Waals surface area contributed by atoms with Gasteiger partial charge in [-0.05, 0) is 0 Å². The quantitative estimate of drug-likeness (QED) is 0.237. The fraction of sp³-hybridized carbons (Fsp3) is 0. The summed E-state index contributed by atoms with van der Waals surface area (Å²) in [5, 5.41) is 29.5. The van der Waals surface area contributed by atoms with Gasteiger partial charge in [-0.15, -0.1) is 0 Å². The Kier molecular flexibility index (Phi) is 529. The molecule has 0 aliphatic heterocycles. The number of nitrogens with zero attached hydrogens (tertiary/aromatic N) is 2. The molecule has 15 heavy (non-hydrogen) atoms. The minimum atomic E-state index is -1.75. The van der Waals surface area contributed by atoms with Crippen LogP contribution in [0.5, 0.6) is 0 Å². The van der Waals surface area contributed by atoms with Gasteiger partial charge in [-0.1, -0.05) is 0 Å². The summed E-state index contributed by atoms with van der Waals surface area (Å²) >= 11 is 0. The van der Waals surface area contributed by atoms with Crippen LogP contribution >= 0.6 is 0 Å². The average Bonchev–Trinajstić information content (AvgIpc) is 1.25. The van der Waals surface area contributed by atoms with Crippen LogP contribution in [0.4, 0.5) is 0 Å². The molecule has 15 heteroatoms. The summed E-state index contributed by atoms with van der Waals surface area (Å²) in [6, 6.07) is 0. The predicted octanol–water partition coefficient (Wildman–Crippen LogP) is -5.43. The van der Waals surface area contributed by atoms with Gasteiger partial charge < -0.3 is 63.5 Å². The third-order valence-corrected chi connectivity index (χ3v) is 0. The van der Waals surface area contributed by atoms with Crippen molar-refractivity contribution in [1.82, 2.24) is 0 Å². The maximum absolute atomic E-state index is 8.25. The molecule has 14 nitrogen and oxygen atoms in total. The van der Waals surface area contributed by atoms with Crippen molar-refractivity contribution in [2.45, 2.75) is 0 Å². The van der Waals surface area contributed by atoms with E-state index in [1.807, 2.05) is 0 Å². The van der Waals surface area contributed by atoms with E-state index < -0.39 is 10.2 Å². The summed E-state index contributed by atoms with van der Waals surface area (Å²) in [4.78, 5) is 16.5. The first kappa shape index (κ1) is 100. The van der Waals surface area contributed by atoms with Gasteiger partial charge in [0.1, 0.15) is 0 Å². The van der Waals surface area contributed by atoms with E-state index in [1.165, 1.54) is 0 Å². The molecule has 0 rings (SSSR count). The van der Waals surface area contributed by atoms with Gasteiger partial charge in [0.2, 0.25) is 0 Å². The van der Waals surface area contributed by atoms with E-state index in [4.69, 9.17) is 30.6 Å². The average molecular weight is 287 g/mol. The molecular weight excluding hydrogens is 275 g/mol. The molecule has 1 radical (unpaired) electrons. The van der Waals surface area contributed by atoms with Crippen LogP contribution in [0.3, 0.4) is 0 Å². The molecule has 0 fully saturated rings. The first-order valence-corrected chi connectivity index (χ1v) is 1.10. The van der Waals surface area contributed by atoms with Crippen molar-refractivity contribution in [3.05, 3.63) is 30.6 Å². The Bertz CT molecular complexity index is 71.6. The van der Waals surface area contributed by atoms with Gasteiger partial charge in [0.15, 0.2) is 0 Å². The van der Waals surface area contributed by atoms with Crippen molar-refractivity contribution in [1.29, 1.82) is 0 Å². The maximum atomic E-state index is 8.25. The maximum Gasteiger partial charge on any atom is 0.0689 e. The second kappa shape index (κ2) is 79.0. The van der Waals surface area contributed by atoms with Crippen LogP contribution in [0.1, 0.15) is 0 Å². The van der Waals surface area contributed by atoms with E-state index in [0.717, 1.165) is 0 Å². The van der Waals surface area contributed by atoms with E-state index in [2.05, 4.69) is 0 Å². The van der Waals surface area contributed by atoms with Crippen LogP contribution in [0, 0.1) is 30.6 Å². The van der Waals surface area contributed by atoms with E-state index in [1.54, 1.807) is 0 Å². The number of hydrogen-bond donors (Lipinski definition) is 0. The summed E-state index contributed by atoms with van der Waals surface area (Å²) in [5.74, 6) is 0. The topological polar surface area (TPSA) is 321 Å². The summed E-state index contributed by atoms with van der Waals surface area (Å²) in [6.07, 6.45) is 0. The normalized spacial score (nSPS) is 3.20. The van der Waals surface area contributed by atoms with Gasteiger partial charge in [0, 0.05) is 17.1 Å². The summed E-state index contributed by atoms with van der Waals surface area (Å²) in [7, 11) is 0. The largest absolute Gasteiger partial charge is 0.412 e. The summed E-state index contributed by atoms with van der Waals surface area (Å²) < 4.78 is 0. The zero-order chi connectivity index (χ0) is 7.15. The molecule has 0 amide bonds. The Morgan fingerprint density at radius 3 is 0.533 bits per heavy atom. The zero-order valence-electron chi connectivity index (χ0n) is 6.72. The first-order chi connectivity index (χ1) is 3.46. The molecule has 0 unspecified atom stereocenters. The van der Waals surface area contributed by atoms with E-state index >= 15 is 0 Å². The second-order valence-electron chi connectivity index (χ2n) is 0.447. The van der Waals surface area contributed by atoms with Crippen LogP contribution in [0.25, 0.3) is 0 Å². The Morgan fingerprint density at radius 2 is 0.533 bits per heavy atom. The molecule has 0 aliphatic rings. The van der Waals surface area contributed by atoms with Gasteiger partial charge >= 0.3 is 0 Å².